The molecule has 0 aromatic carbocycles. The van der Waals surface area contributed by atoms with Crippen LogP contribution in [0.2, 0.25) is 4.34 Å². The number of hydrogen-bond acceptors (Lipinski definition) is 5. The van der Waals surface area contributed by atoms with Crippen molar-refractivity contribution >= 4 is 44.3 Å². The summed E-state index contributed by atoms with van der Waals surface area (Å²) in [5, 5.41) is 11.7. The summed E-state index contributed by atoms with van der Waals surface area (Å²) in [6.07, 6.45) is -0.312. The first-order valence-corrected chi connectivity index (χ1v) is 9.01. The number of aliphatic hydroxyl groups excluding tert-OH is 1. The van der Waals surface area contributed by atoms with Gasteiger partial charge in [0.2, 0.25) is 10.0 Å². The molecule has 2 aromatic rings. The van der Waals surface area contributed by atoms with E-state index in [0.717, 1.165) is 16.2 Å². The molecule has 4 nitrogen and oxygen atoms in total. The normalized spacial score (nSPS) is 13.6. The number of sulfonamides is 1. The van der Waals surface area contributed by atoms with Crippen molar-refractivity contribution in [3.8, 4) is 0 Å². The SMILES string of the molecule is O=S(=O)(NCC[C@@H](O)c1cccs1)c1ccc(Cl)s1. The molecule has 104 valence electrons. The Morgan fingerprint density at radius 1 is 1.37 bits per heavy atom. The van der Waals surface area contributed by atoms with Crippen molar-refractivity contribution in [1.29, 1.82) is 0 Å². The maximum Gasteiger partial charge on any atom is 0.250 e. The minimum absolute atomic E-state index is 0.177. The number of thiophene rings is 2. The smallest absolute Gasteiger partial charge is 0.250 e. The number of hydrogen-bond donors (Lipinski definition) is 2. The monoisotopic (exact) mass is 337 g/mol. The second-order valence-corrected chi connectivity index (χ2v) is 8.46. The maximum atomic E-state index is 11.9. The topological polar surface area (TPSA) is 66.4 Å². The molecular formula is C11H12ClNO3S3. The van der Waals surface area contributed by atoms with Gasteiger partial charge in [-0.25, -0.2) is 13.1 Å². The molecule has 0 aliphatic heterocycles. The van der Waals surface area contributed by atoms with Crippen LogP contribution in [0.4, 0.5) is 0 Å². The van der Waals surface area contributed by atoms with Crippen LogP contribution in [0.3, 0.4) is 0 Å². The van der Waals surface area contributed by atoms with Crippen molar-refractivity contribution in [3.05, 3.63) is 38.9 Å². The van der Waals surface area contributed by atoms with Crippen LogP contribution < -0.4 is 4.72 Å². The zero-order valence-electron chi connectivity index (χ0n) is 9.74. The van der Waals surface area contributed by atoms with Crippen molar-refractivity contribution < 1.29 is 13.5 Å². The lowest BCUT2D eigenvalue weighted by Crippen LogP contribution is -2.25. The van der Waals surface area contributed by atoms with Gasteiger partial charge in [-0.3, -0.25) is 0 Å². The molecule has 2 rings (SSSR count). The molecule has 1 atom stereocenters. The molecule has 2 aromatic heterocycles. The van der Waals surface area contributed by atoms with Gasteiger partial charge in [0.05, 0.1) is 10.4 Å². The van der Waals surface area contributed by atoms with Crippen molar-refractivity contribution in [3.63, 3.8) is 0 Å². The second kappa shape index (κ2) is 6.34. The lowest BCUT2D eigenvalue weighted by atomic mass is 10.2. The number of halogens is 1. The van der Waals surface area contributed by atoms with Crippen molar-refractivity contribution in [2.75, 3.05) is 6.54 Å². The third-order valence-electron chi connectivity index (χ3n) is 2.39. The minimum Gasteiger partial charge on any atom is -0.388 e. The Labute approximate surface area is 124 Å². The van der Waals surface area contributed by atoms with Gasteiger partial charge < -0.3 is 5.11 Å². The Morgan fingerprint density at radius 3 is 2.74 bits per heavy atom. The van der Waals surface area contributed by atoms with Crippen LogP contribution in [-0.4, -0.2) is 20.1 Å². The minimum atomic E-state index is -3.53. The van der Waals surface area contributed by atoms with E-state index in [2.05, 4.69) is 4.72 Å². The van der Waals surface area contributed by atoms with E-state index in [-0.39, 0.29) is 10.8 Å². The maximum absolute atomic E-state index is 11.9. The standard InChI is InChI=1S/C11H12ClNO3S3/c12-10-3-4-11(18-10)19(15,16)13-6-5-8(14)9-2-1-7-17-9/h1-4,7-8,13-14H,5-6H2/t8-/m1/s1. The first-order valence-electron chi connectivity index (χ1n) is 5.45. The molecule has 0 aliphatic rings. The Morgan fingerprint density at radius 2 is 2.16 bits per heavy atom. The van der Waals surface area contributed by atoms with Gasteiger partial charge in [-0.1, -0.05) is 17.7 Å². The fraction of sp³-hybridized carbons (Fsp3) is 0.273. The van der Waals surface area contributed by atoms with E-state index in [1.807, 2.05) is 17.5 Å². The lowest BCUT2D eigenvalue weighted by molar-refractivity contribution is 0.173. The van der Waals surface area contributed by atoms with Crippen LogP contribution in [0.5, 0.6) is 0 Å². The summed E-state index contributed by atoms with van der Waals surface area (Å²) in [5.41, 5.74) is 0. The highest BCUT2D eigenvalue weighted by molar-refractivity contribution is 7.91. The summed E-state index contributed by atoms with van der Waals surface area (Å²) in [4.78, 5) is 0.832. The predicted molar refractivity (Wildman–Crippen MR) is 78.4 cm³/mol. The summed E-state index contributed by atoms with van der Waals surface area (Å²) >= 11 is 8.16. The average molecular weight is 338 g/mol. The van der Waals surface area contributed by atoms with E-state index in [1.165, 1.54) is 17.4 Å². The third-order valence-corrected chi connectivity index (χ3v) is 6.55. The van der Waals surface area contributed by atoms with E-state index in [9.17, 15) is 13.5 Å². The quantitative estimate of drug-likeness (QED) is 0.851. The van der Waals surface area contributed by atoms with Gasteiger partial charge in [0.25, 0.3) is 0 Å². The van der Waals surface area contributed by atoms with E-state index < -0.39 is 16.1 Å². The molecule has 0 saturated heterocycles. The molecule has 0 amide bonds. The number of aliphatic hydroxyl groups is 1. The van der Waals surface area contributed by atoms with Crippen LogP contribution in [-0.2, 0) is 10.0 Å². The molecule has 0 saturated carbocycles. The molecule has 0 aliphatic carbocycles. The molecule has 0 bridgehead atoms. The van der Waals surface area contributed by atoms with E-state index in [4.69, 9.17) is 11.6 Å². The summed E-state index contributed by atoms with van der Waals surface area (Å²) in [7, 11) is -3.53. The lowest BCUT2D eigenvalue weighted by Gasteiger charge is -2.09. The Kier molecular flexibility index (Phi) is 4.99. The van der Waals surface area contributed by atoms with Crippen molar-refractivity contribution in [2.45, 2.75) is 16.7 Å². The Bertz CT molecular complexity index is 621. The molecule has 19 heavy (non-hydrogen) atoms. The van der Waals surface area contributed by atoms with Crippen LogP contribution in [0, 0.1) is 0 Å². The van der Waals surface area contributed by atoms with Crippen LogP contribution in [0.25, 0.3) is 0 Å². The molecule has 0 spiro atoms. The van der Waals surface area contributed by atoms with Gasteiger partial charge in [-0.2, -0.15) is 0 Å². The predicted octanol–water partition coefficient (Wildman–Crippen LogP) is 2.87. The largest absolute Gasteiger partial charge is 0.388 e. The summed E-state index contributed by atoms with van der Waals surface area (Å²) in [6, 6.07) is 6.68. The second-order valence-electron chi connectivity index (χ2n) is 3.78. The molecule has 0 radical (unpaired) electrons. The first kappa shape index (κ1) is 15.0. The van der Waals surface area contributed by atoms with E-state index >= 15 is 0 Å². The Hall–Kier alpha value is -0.440. The summed E-state index contributed by atoms with van der Waals surface area (Å²) in [5.74, 6) is 0. The third kappa shape index (κ3) is 4.01. The molecule has 0 fully saturated rings. The Balaban J connectivity index is 1.89. The van der Waals surface area contributed by atoms with Gasteiger partial charge in [0.1, 0.15) is 4.21 Å². The van der Waals surface area contributed by atoms with Crippen molar-refractivity contribution in [1.82, 2.24) is 4.72 Å². The number of nitrogens with one attached hydrogen (secondary N) is 1. The van der Waals surface area contributed by atoms with Gasteiger partial charge in [0, 0.05) is 11.4 Å². The van der Waals surface area contributed by atoms with E-state index in [1.54, 1.807) is 6.07 Å². The average Bonchev–Trinajstić information content (AvgIpc) is 2.99. The van der Waals surface area contributed by atoms with Gasteiger partial charge >= 0.3 is 0 Å². The van der Waals surface area contributed by atoms with Gasteiger partial charge in [0.15, 0.2) is 0 Å². The van der Waals surface area contributed by atoms with Crippen LogP contribution in [0.15, 0.2) is 33.9 Å². The van der Waals surface area contributed by atoms with Crippen molar-refractivity contribution in [2.24, 2.45) is 0 Å². The van der Waals surface area contributed by atoms with Crippen LogP contribution in [0.1, 0.15) is 17.4 Å². The van der Waals surface area contributed by atoms with Gasteiger partial charge in [-0.15, -0.1) is 22.7 Å². The van der Waals surface area contributed by atoms with Gasteiger partial charge in [-0.05, 0) is 30.0 Å². The molecule has 0 unspecified atom stereocenters. The molecular weight excluding hydrogens is 326 g/mol. The summed E-state index contributed by atoms with van der Waals surface area (Å²) < 4.78 is 26.8. The highest BCUT2D eigenvalue weighted by Gasteiger charge is 2.17. The fourth-order valence-electron chi connectivity index (χ4n) is 1.47. The highest BCUT2D eigenvalue weighted by Crippen LogP contribution is 2.25. The molecule has 2 N–H and O–H groups in total. The molecule has 8 heteroatoms. The zero-order valence-corrected chi connectivity index (χ0v) is 13.0. The first-order chi connectivity index (χ1) is 8.99. The molecule has 2 heterocycles. The highest BCUT2D eigenvalue weighted by atomic mass is 35.5. The van der Waals surface area contributed by atoms with E-state index in [0.29, 0.717) is 10.8 Å². The number of rotatable bonds is 6. The fourth-order valence-corrected chi connectivity index (χ4v) is 4.79. The van der Waals surface area contributed by atoms with Crippen LogP contribution >= 0.6 is 34.3 Å². The summed E-state index contributed by atoms with van der Waals surface area (Å²) in [6.45, 7) is 0.177. The zero-order chi connectivity index (χ0) is 13.9.